The average molecular weight is 272 g/mol. The first kappa shape index (κ1) is 14.6. The second-order valence-electron chi connectivity index (χ2n) is 3.91. The lowest BCUT2D eigenvalue weighted by Crippen LogP contribution is -2.18. The van der Waals surface area contributed by atoms with Crippen LogP contribution >= 0.6 is 0 Å². The van der Waals surface area contributed by atoms with Crippen molar-refractivity contribution in [3.8, 4) is 0 Å². The first-order valence-electron chi connectivity index (χ1n) is 5.74. The van der Waals surface area contributed by atoms with Crippen LogP contribution < -0.4 is 15.5 Å². The van der Waals surface area contributed by atoms with Crippen molar-refractivity contribution in [2.75, 3.05) is 54.7 Å². The number of rotatable bonds is 7. The quantitative estimate of drug-likeness (QED) is 0.731. The Morgan fingerprint density at radius 1 is 1.17 bits per heavy atom. The summed E-state index contributed by atoms with van der Waals surface area (Å²) in [7, 11) is 2.92. The number of nitrogens with zero attached hydrogens (tertiary/aromatic N) is 4. The van der Waals surface area contributed by atoms with Gasteiger partial charge in [-0.25, -0.2) is 0 Å². The average Bonchev–Trinajstić information content (AvgIpc) is 2.28. The Kier molecular flexibility index (Phi) is 5.76. The Bertz CT molecular complexity index is 411. The van der Waals surface area contributed by atoms with Crippen LogP contribution in [0.4, 0.5) is 17.8 Å². The Labute approximate surface area is 110 Å². The van der Waals surface area contributed by atoms with Crippen molar-refractivity contribution in [2.45, 2.75) is 6.92 Å². The first-order valence-corrected chi connectivity index (χ1v) is 7.46. The molecule has 0 aliphatic rings. The molecule has 0 saturated carbocycles. The fraction of sp³-hybridized carbons (Fsp3) is 0.700. The van der Waals surface area contributed by atoms with Crippen molar-refractivity contribution in [3.05, 3.63) is 0 Å². The van der Waals surface area contributed by atoms with Crippen LogP contribution in [0.25, 0.3) is 0 Å². The largest absolute Gasteiger partial charge is 0.354 e. The monoisotopic (exact) mass is 272 g/mol. The van der Waals surface area contributed by atoms with Gasteiger partial charge < -0.3 is 15.5 Å². The van der Waals surface area contributed by atoms with Crippen LogP contribution in [0.3, 0.4) is 0 Å². The summed E-state index contributed by atoms with van der Waals surface area (Å²) >= 11 is 0. The molecule has 0 fully saturated rings. The van der Waals surface area contributed by atoms with Gasteiger partial charge in [0.1, 0.15) is 0 Å². The fourth-order valence-corrected chi connectivity index (χ4v) is 1.58. The van der Waals surface area contributed by atoms with E-state index in [1.54, 1.807) is 6.26 Å². The highest BCUT2D eigenvalue weighted by atomic mass is 32.2. The molecule has 0 saturated heterocycles. The summed E-state index contributed by atoms with van der Waals surface area (Å²) in [6.07, 6.45) is 1.67. The van der Waals surface area contributed by atoms with Gasteiger partial charge in [-0.15, -0.1) is 0 Å². The third-order valence-corrected chi connectivity index (χ3v) is 2.81. The molecular weight excluding hydrogens is 252 g/mol. The molecule has 0 spiro atoms. The number of aromatic nitrogens is 3. The standard InChI is InChI=1S/C10H20N6OS/c1-5-11-8-13-9(12-6-7-18(4)17)15-10(14-8)16(2)3/h5-7H2,1-4H3,(H2,11,12,13,14,15). The minimum Gasteiger partial charge on any atom is -0.354 e. The topological polar surface area (TPSA) is 83.0 Å². The first-order chi connectivity index (χ1) is 8.52. The molecular formula is C10H20N6OS. The van der Waals surface area contributed by atoms with Gasteiger partial charge in [0.2, 0.25) is 17.8 Å². The molecule has 7 nitrogen and oxygen atoms in total. The van der Waals surface area contributed by atoms with Crippen molar-refractivity contribution in [3.63, 3.8) is 0 Å². The van der Waals surface area contributed by atoms with Crippen molar-refractivity contribution < 1.29 is 4.21 Å². The van der Waals surface area contributed by atoms with Gasteiger partial charge >= 0.3 is 0 Å². The maximum Gasteiger partial charge on any atom is 0.231 e. The molecule has 2 N–H and O–H groups in total. The van der Waals surface area contributed by atoms with E-state index in [-0.39, 0.29) is 0 Å². The molecule has 1 aromatic heterocycles. The van der Waals surface area contributed by atoms with Crippen molar-refractivity contribution in [2.24, 2.45) is 0 Å². The van der Waals surface area contributed by atoms with E-state index in [4.69, 9.17) is 0 Å². The third-order valence-electron chi connectivity index (χ3n) is 2.03. The van der Waals surface area contributed by atoms with E-state index in [1.807, 2.05) is 25.9 Å². The fourth-order valence-electron chi connectivity index (χ4n) is 1.19. The minimum absolute atomic E-state index is 0.495. The summed E-state index contributed by atoms with van der Waals surface area (Å²) < 4.78 is 11.0. The van der Waals surface area contributed by atoms with E-state index in [2.05, 4.69) is 25.6 Å². The van der Waals surface area contributed by atoms with E-state index in [0.717, 1.165) is 6.54 Å². The molecule has 102 valence electrons. The van der Waals surface area contributed by atoms with Gasteiger partial charge in [-0.05, 0) is 6.92 Å². The molecule has 1 atom stereocenters. The summed E-state index contributed by atoms with van der Waals surface area (Å²) in [4.78, 5) is 14.6. The number of hydrogen-bond donors (Lipinski definition) is 2. The Morgan fingerprint density at radius 3 is 2.28 bits per heavy atom. The van der Waals surface area contributed by atoms with Crippen molar-refractivity contribution in [1.29, 1.82) is 0 Å². The Hall–Kier alpha value is -1.44. The van der Waals surface area contributed by atoms with Gasteiger partial charge in [0, 0.05) is 50.0 Å². The molecule has 0 amide bonds. The Balaban J connectivity index is 2.78. The zero-order valence-corrected chi connectivity index (χ0v) is 12.0. The SMILES string of the molecule is CCNc1nc(NCCS(C)=O)nc(N(C)C)n1. The number of nitrogens with one attached hydrogen (secondary N) is 2. The molecule has 0 bridgehead atoms. The second kappa shape index (κ2) is 7.10. The van der Waals surface area contributed by atoms with E-state index in [9.17, 15) is 4.21 Å². The van der Waals surface area contributed by atoms with Gasteiger partial charge in [0.25, 0.3) is 0 Å². The Morgan fingerprint density at radius 2 is 1.78 bits per heavy atom. The molecule has 0 aliphatic carbocycles. The maximum absolute atomic E-state index is 11.0. The van der Waals surface area contributed by atoms with Gasteiger partial charge in [-0.1, -0.05) is 0 Å². The molecule has 0 aromatic carbocycles. The molecule has 1 heterocycles. The minimum atomic E-state index is -0.822. The van der Waals surface area contributed by atoms with Crippen LogP contribution in [-0.4, -0.2) is 58.4 Å². The highest BCUT2D eigenvalue weighted by Crippen LogP contribution is 2.10. The van der Waals surface area contributed by atoms with Crippen LogP contribution in [-0.2, 0) is 10.8 Å². The normalized spacial score (nSPS) is 12.0. The van der Waals surface area contributed by atoms with Crippen LogP contribution in [0, 0.1) is 0 Å². The van der Waals surface area contributed by atoms with Crippen LogP contribution in [0.2, 0.25) is 0 Å². The van der Waals surface area contributed by atoms with Gasteiger partial charge in [-0.3, -0.25) is 4.21 Å². The van der Waals surface area contributed by atoms with E-state index in [0.29, 0.717) is 30.1 Å². The molecule has 1 unspecified atom stereocenters. The zero-order valence-electron chi connectivity index (χ0n) is 11.2. The highest BCUT2D eigenvalue weighted by molar-refractivity contribution is 7.84. The van der Waals surface area contributed by atoms with Crippen LogP contribution in [0.15, 0.2) is 0 Å². The van der Waals surface area contributed by atoms with Gasteiger partial charge in [-0.2, -0.15) is 15.0 Å². The van der Waals surface area contributed by atoms with Gasteiger partial charge in [0.05, 0.1) is 0 Å². The lowest BCUT2D eigenvalue weighted by atomic mass is 10.7. The third kappa shape index (κ3) is 4.82. The molecule has 18 heavy (non-hydrogen) atoms. The summed E-state index contributed by atoms with van der Waals surface area (Å²) in [5, 5.41) is 6.10. The maximum atomic E-state index is 11.0. The summed E-state index contributed by atoms with van der Waals surface area (Å²) in [5.41, 5.74) is 0. The lowest BCUT2D eigenvalue weighted by Gasteiger charge is -2.13. The smallest absolute Gasteiger partial charge is 0.231 e. The van der Waals surface area contributed by atoms with E-state index >= 15 is 0 Å². The highest BCUT2D eigenvalue weighted by Gasteiger charge is 2.07. The predicted octanol–water partition coefficient (Wildman–Crippen LogP) is 0.160. The van der Waals surface area contributed by atoms with E-state index < -0.39 is 10.8 Å². The zero-order chi connectivity index (χ0) is 13.5. The summed E-state index contributed by atoms with van der Waals surface area (Å²) in [5.74, 6) is 2.19. The summed E-state index contributed by atoms with van der Waals surface area (Å²) in [6.45, 7) is 3.30. The van der Waals surface area contributed by atoms with Crippen molar-refractivity contribution in [1.82, 2.24) is 15.0 Å². The molecule has 0 aliphatic heterocycles. The lowest BCUT2D eigenvalue weighted by molar-refractivity contribution is 0.687. The molecule has 1 aromatic rings. The van der Waals surface area contributed by atoms with E-state index in [1.165, 1.54) is 0 Å². The number of hydrogen-bond acceptors (Lipinski definition) is 7. The van der Waals surface area contributed by atoms with Crippen molar-refractivity contribution >= 4 is 28.6 Å². The molecule has 0 radical (unpaired) electrons. The van der Waals surface area contributed by atoms with Crippen LogP contribution in [0.5, 0.6) is 0 Å². The molecule has 8 heteroatoms. The second-order valence-corrected chi connectivity index (χ2v) is 5.47. The van der Waals surface area contributed by atoms with Gasteiger partial charge in [0.15, 0.2) is 0 Å². The molecule has 1 rings (SSSR count). The summed E-state index contributed by atoms with van der Waals surface area (Å²) in [6, 6.07) is 0. The predicted molar refractivity (Wildman–Crippen MR) is 75.7 cm³/mol. The van der Waals surface area contributed by atoms with Crippen LogP contribution in [0.1, 0.15) is 6.92 Å². The number of anilines is 3.